The van der Waals surface area contributed by atoms with E-state index in [9.17, 15) is 10.1 Å². The molecule has 1 fully saturated rings. The summed E-state index contributed by atoms with van der Waals surface area (Å²) in [6, 6.07) is 2.28. The predicted octanol–water partition coefficient (Wildman–Crippen LogP) is 2.99. The minimum absolute atomic E-state index is 0.246. The van der Waals surface area contributed by atoms with Gasteiger partial charge in [0.1, 0.15) is 11.6 Å². The minimum atomic E-state index is 0.246. The second kappa shape index (κ2) is 8.91. The van der Waals surface area contributed by atoms with E-state index in [1.807, 2.05) is 17.2 Å². The number of thioether (sulfide) groups is 1. The molecule has 0 saturated carbocycles. The molecular formula is C19H24N6OS. The summed E-state index contributed by atoms with van der Waals surface area (Å²) >= 11 is 1.52. The van der Waals surface area contributed by atoms with E-state index in [-0.39, 0.29) is 5.91 Å². The van der Waals surface area contributed by atoms with Crippen molar-refractivity contribution in [3.63, 3.8) is 0 Å². The highest BCUT2D eigenvalue weighted by Crippen LogP contribution is 2.32. The van der Waals surface area contributed by atoms with E-state index >= 15 is 0 Å². The number of nitrogens with zero attached hydrogens (tertiary/aromatic N) is 4. The lowest BCUT2D eigenvalue weighted by Gasteiger charge is -2.15. The molecule has 1 aromatic heterocycles. The van der Waals surface area contributed by atoms with Gasteiger partial charge in [-0.2, -0.15) is 5.26 Å². The first-order valence-corrected chi connectivity index (χ1v) is 10.1. The first-order valence-electron chi connectivity index (χ1n) is 9.25. The van der Waals surface area contributed by atoms with Crippen LogP contribution in [0.2, 0.25) is 0 Å². The number of anilines is 1. The number of aromatic nitrogens is 2. The lowest BCUT2D eigenvalue weighted by molar-refractivity contribution is -0.127. The second-order valence-electron chi connectivity index (χ2n) is 6.55. The number of hydrogen-bond donors (Lipinski definition) is 2. The average Bonchev–Trinajstić information content (AvgIpc) is 3.31. The first kappa shape index (κ1) is 19.2. The van der Waals surface area contributed by atoms with Crippen molar-refractivity contribution >= 4 is 29.2 Å². The molecule has 0 radical (unpaired) electrons. The fourth-order valence-corrected chi connectivity index (χ4v) is 3.97. The molecular weight excluding hydrogens is 360 g/mol. The maximum absolute atomic E-state index is 11.6. The maximum Gasteiger partial charge on any atom is 0.223 e. The third-order valence-corrected chi connectivity index (χ3v) is 5.52. The zero-order chi connectivity index (χ0) is 19.2. The Bertz CT molecular complexity index is 826. The molecule has 1 amide bonds. The zero-order valence-corrected chi connectivity index (χ0v) is 16.5. The SMILES string of the molecule is CCC1=CS/C(=C(\C#N)c2nc(NCCCN3CCCC3=O)ncc2C)N1. The third-order valence-electron chi connectivity index (χ3n) is 4.58. The van der Waals surface area contributed by atoms with E-state index in [2.05, 4.69) is 33.6 Å². The molecule has 2 N–H and O–H groups in total. The number of aryl methyl sites for hydroxylation is 1. The van der Waals surface area contributed by atoms with Crippen LogP contribution in [0.3, 0.4) is 0 Å². The summed E-state index contributed by atoms with van der Waals surface area (Å²) in [4.78, 5) is 22.4. The number of nitriles is 1. The van der Waals surface area contributed by atoms with Gasteiger partial charge in [-0.25, -0.2) is 9.97 Å². The molecule has 0 aromatic carbocycles. The fourth-order valence-electron chi connectivity index (χ4n) is 3.03. The Morgan fingerprint density at radius 2 is 2.37 bits per heavy atom. The van der Waals surface area contributed by atoms with Crippen molar-refractivity contribution in [2.45, 2.75) is 39.5 Å². The van der Waals surface area contributed by atoms with Crippen molar-refractivity contribution in [3.8, 4) is 6.07 Å². The van der Waals surface area contributed by atoms with Gasteiger partial charge in [-0.05, 0) is 37.2 Å². The molecule has 3 rings (SSSR count). The highest BCUT2D eigenvalue weighted by molar-refractivity contribution is 8.06. The third kappa shape index (κ3) is 4.61. The average molecular weight is 385 g/mol. The van der Waals surface area contributed by atoms with Crippen LogP contribution in [0.25, 0.3) is 5.57 Å². The first-order chi connectivity index (χ1) is 13.1. The van der Waals surface area contributed by atoms with Gasteiger partial charge < -0.3 is 15.5 Å². The number of carbonyl (C=O) groups excluding carboxylic acids is 1. The number of amides is 1. The number of hydrogen-bond acceptors (Lipinski definition) is 7. The van der Waals surface area contributed by atoms with Crippen LogP contribution in [0.15, 0.2) is 22.3 Å². The molecule has 0 atom stereocenters. The number of likely N-dealkylation sites (tertiary alicyclic amines) is 1. The van der Waals surface area contributed by atoms with Gasteiger partial charge in [0.2, 0.25) is 11.9 Å². The van der Waals surface area contributed by atoms with Crippen molar-refractivity contribution in [3.05, 3.63) is 33.6 Å². The van der Waals surface area contributed by atoms with Crippen molar-refractivity contribution in [2.75, 3.05) is 25.0 Å². The van der Waals surface area contributed by atoms with Crippen molar-refractivity contribution in [1.82, 2.24) is 20.2 Å². The van der Waals surface area contributed by atoms with Crippen LogP contribution in [0, 0.1) is 18.3 Å². The summed E-state index contributed by atoms with van der Waals surface area (Å²) in [7, 11) is 0. The normalized spacial score (nSPS) is 18.2. The maximum atomic E-state index is 11.6. The smallest absolute Gasteiger partial charge is 0.223 e. The lowest BCUT2D eigenvalue weighted by Crippen LogP contribution is -2.27. The summed E-state index contributed by atoms with van der Waals surface area (Å²) in [6.45, 7) is 6.27. The van der Waals surface area contributed by atoms with Gasteiger partial charge >= 0.3 is 0 Å². The lowest BCUT2D eigenvalue weighted by atomic mass is 10.1. The predicted molar refractivity (Wildman–Crippen MR) is 107 cm³/mol. The van der Waals surface area contributed by atoms with Crippen LogP contribution in [-0.2, 0) is 4.79 Å². The molecule has 8 heteroatoms. The largest absolute Gasteiger partial charge is 0.354 e. The van der Waals surface area contributed by atoms with Crippen molar-refractivity contribution < 1.29 is 4.79 Å². The molecule has 2 aliphatic heterocycles. The monoisotopic (exact) mass is 384 g/mol. The molecule has 0 bridgehead atoms. The Morgan fingerprint density at radius 1 is 1.52 bits per heavy atom. The van der Waals surface area contributed by atoms with Gasteiger partial charge in [0.25, 0.3) is 0 Å². The Kier molecular flexibility index (Phi) is 6.35. The summed E-state index contributed by atoms with van der Waals surface area (Å²) in [5.41, 5.74) is 3.14. The van der Waals surface area contributed by atoms with E-state index in [4.69, 9.17) is 0 Å². The summed E-state index contributed by atoms with van der Waals surface area (Å²) in [5.74, 6) is 0.749. The summed E-state index contributed by atoms with van der Waals surface area (Å²) in [6.07, 6.45) is 5.10. The Labute approximate surface area is 163 Å². The van der Waals surface area contributed by atoms with Gasteiger partial charge in [0, 0.05) is 37.9 Å². The highest BCUT2D eigenvalue weighted by atomic mass is 32.2. The molecule has 0 spiro atoms. The van der Waals surface area contributed by atoms with E-state index in [1.165, 1.54) is 11.8 Å². The van der Waals surface area contributed by atoms with E-state index in [0.717, 1.165) is 48.6 Å². The van der Waals surface area contributed by atoms with E-state index in [1.54, 1.807) is 6.20 Å². The highest BCUT2D eigenvalue weighted by Gasteiger charge is 2.20. The van der Waals surface area contributed by atoms with Gasteiger partial charge in [-0.15, -0.1) is 0 Å². The van der Waals surface area contributed by atoms with E-state index < -0.39 is 0 Å². The van der Waals surface area contributed by atoms with E-state index in [0.29, 0.717) is 30.2 Å². The molecule has 0 aliphatic carbocycles. The van der Waals surface area contributed by atoms with Gasteiger partial charge in [-0.1, -0.05) is 18.7 Å². The van der Waals surface area contributed by atoms with Crippen molar-refractivity contribution in [2.24, 2.45) is 0 Å². The fraction of sp³-hybridized carbons (Fsp3) is 0.474. The topological polar surface area (TPSA) is 93.9 Å². The second-order valence-corrected chi connectivity index (χ2v) is 7.42. The number of carbonyl (C=O) groups is 1. The van der Waals surface area contributed by atoms with Crippen molar-refractivity contribution in [1.29, 1.82) is 5.26 Å². The number of nitrogens with one attached hydrogen (secondary N) is 2. The molecule has 3 heterocycles. The van der Waals surface area contributed by atoms with Crippen LogP contribution < -0.4 is 10.6 Å². The van der Waals surface area contributed by atoms with Crippen LogP contribution in [0.5, 0.6) is 0 Å². The van der Waals surface area contributed by atoms with Crippen LogP contribution >= 0.6 is 11.8 Å². The number of rotatable bonds is 7. The Hall–Kier alpha value is -2.53. The summed E-state index contributed by atoms with van der Waals surface area (Å²) < 4.78 is 0. The quantitative estimate of drug-likeness (QED) is 0.551. The van der Waals surface area contributed by atoms with Gasteiger partial charge in [-0.3, -0.25) is 4.79 Å². The Morgan fingerprint density at radius 3 is 3.04 bits per heavy atom. The molecule has 1 aromatic rings. The van der Waals surface area contributed by atoms with Crippen LogP contribution in [0.1, 0.15) is 43.9 Å². The molecule has 2 aliphatic rings. The molecule has 1 saturated heterocycles. The number of allylic oxidation sites excluding steroid dienone is 2. The van der Waals surface area contributed by atoms with Gasteiger partial charge in [0.15, 0.2) is 0 Å². The standard InChI is InChI=1S/C19H24N6OS/c1-3-14-12-27-18(23-14)15(10-20)17-13(2)11-22-19(24-17)21-7-5-9-25-8-4-6-16(25)26/h11-12,23H,3-9H2,1-2H3,(H,21,22,24)/b18-15+. The zero-order valence-electron chi connectivity index (χ0n) is 15.7. The molecule has 7 nitrogen and oxygen atoms in total. The molecule has 0 unspecified atom stereocenters. The van der Waals surface area contributed by atoms with Crippen LogP contribution in [-0.4, -0.2) is 40.4 Å². The van der Waals surface area contributed by atoms with Gasteiger partial charge in [0.05, 0.1) is 10.7 Å². The molecule has 27 heavy (non-hydrogen) atoms. The minimum Gasteiger partial charge on any atom is -0.354 e. The molecule has 142 valence electrons. The van der Waals surface area contributed by atoms with Crippen LogP contribution in [0.4, 0.5) is 5.95 Å². The Balaban J connectivity index is 1.64. The summed E-state index contributed by atoms with van der Waals surface area (Å²) in [5, 5.41) is 19.0.